The van der Waals surface area contributed by atoms with Crippen molar-refractivity contribution in [2.45, 2.75) is 16.1 Å². The standard InChI is InChI=1S/C17H16N2O3S2/c1-22-13-7-8-16-15(9-13)18-17-19(16)12(10-23-17)11-24(20,21)14-5-3-2-4-6-14/h2-9,12H,10-11H2,1H3/t12-/m1/s1. The van der Waals surface area contributed by atoms with Crippen molar-refractivity contribution >= 4 is 32.6 Å². The highest BCUT2D eigenvalue weighted by atomic mass is 32.2. The SMILES string of the molecule is COc1ccc2c(c1)nc1n2[C@@H](CS(=O)(=O)c2ccccc2)CS1. The summed E-state index contributed by atoms with van der Waals surface area (Å²) in [5.41, 5.74) is 1.78. The van der Waals surface area contributed by atoms with Crippen molar-refractivity contribution in [3.05, 3.63) is 48.5 Å². The van der Waals surface area contributed by atoms with E-state index >= 15 is 0 Å². The van der Waals surface area contributed by atoms with Crippen LogP contribution in [0.3, 0.4) is 0 Å². The summed E-state index contributed by atoms with van der Waals surface area (Å²) in [5.74, 6) is 1.54. The van der Waals surface area contributed by atoms with Gasteiger partial charge in [-0.3, -0.25) is 0 Å². The molecule has 124 valence electrons. The summed E-state index contributed by atoms with van der Waals surface area (Å²) in [5, 5.41) is 0.867. The minimum atomic E-state index is -3.33. The van der Waals surface area contributed by atoms with Gasteiger partial charge in [-0.05, 0) is 24.3 Å². The summed E-state index contributed by atoms with van der Waals surface area (Å²) in [6.07, 6.45) is 0. The minimum Gasteiger partial charge on any atom is -0.497 e. The van der Waals surface area contributed by atoms with E-state index in [-0.39, 0.29) is 11.8 Å². The Balaban J connectivity index is 1.71. The summed E-state index contributed by atoms with van der Waals surface area (Å²) in [4.78, 5) is 4.98. The lowest BCUT2D eigenvalue weighted by atomic mass is 10.3. The van der Waals surface area contributed by atoms with E-state index in [0.717, 1.165) is 27.7 Å². The van der Waals surface area contributed by atoms with Gasteiger partial charge in [-0.1, -0.05) is 30.0 Å². The number of hydrogen-bond donors (Lipinski definition) is 0. The first kappa shape index (κ1) is 15.5. The highest BCUT2D eigenvalue weighted by molar-refractivity contribution is 7.99. The Morgan fingerprint density at radius 3 is 2.79 bits per heavy atom. The molecule has 24 heavy (non-hydrogen) atoms. The van der Waals surface area contributed by atoms with Crippen molar-refractivity contribution in [2.24, 2.45) is 0 Å². The maximum Gasteiger partial charge on any atom is 0.180 e. The zero-order valence-electron chi connectivity index (χ0n) is 13.0. The predicted octanol–water partition coefficient (Wildman–Crippen LogP) is 3.17. The molecule has 3 aromatic rings. The van der Waals surface area contributed by atoms with Crippen molar-refractivity contribution < 1.29 is 13.2 Å². The van der Waals surface area contributed by atoms with Gasteiger partial charge in [-0.15, -0.1) is 0 Å². The zero-order chi connectivity index (χ0) is 16.7. The fourth-order valence-electron chi connectivity index (χ4n) is 2.98. The fourth-order valence-corrected chi connectivity index (χ4v) is 5.83. The number of methoxy groups -OCH3 is 1. The number of imidazole rings is 1. The molecule has 0 bridgehead atoms. The van der Waals surface area contributed by atoms with E-state index in [1.54, 1.807) is 43.1 Å². The van der Waals surface area contributed by atoms with Crippen LogP contribution in [-0.4, -0.2) is 36.6 Å². The number of thioether (sulfide) groups is 1. The normalized spacial score (nSPS) is 17.1. The van der Waals surface area contributed by atoms with Crippen LogP contribution in [0.1, 0.15) is 6.04 Å². The first-order valence-electron chi connectivity index (χ1n) is 7.55. The number of nitrogens with zero attached hydrogens (tertiary/aromatic N) is 2. The van der Waals surface area contributed by atoms with Gasteiger partial charge in [0.2, 0.25) is 0 Å². The van der Waals surface area contributed by atoms with Crippen LogP contribution in [-0.2, 0) is 9.84 Å². The largest absolute Gasteiger partial charge is 0.497 e. The summed E-state index contributed by atoms with van der Waals surface area (Å²) in [7, 11) is -1.71. The molecule has 0 saturated heterocycles. The molecule has 1 aliphatic heterocycles. The number of benzene rings is 2. The van der Waals surface area contributed by atoms with Crippen LogP contribution < -0.4 is 4.74 Å². The van der Waals surface area contributed by atoms with Crippen LogP contribution in [0.25, 0.3) is 11.0 Å². The van der Waals surface area contributed by atoms with E-state index in [0.29, 0.717) is 4.90 Å². The van der Waals surface area contributed by atoms with Gasteiger partial charge in [0.1, 0.15) is 5.75 Å². The number of hydrogen-bond acceptors (Lipinski definition) is 5. The molecule has 4 rings (SSSR count). The average Bonchev–Trinajstić information content (AvgIpc) is 3.14. The highest BCUT2D eigenvalue weighted by Crippen LogP contribution is 2.38. The lowest BCUT2D eigenvalue weighted by molar-refractivity contribution is 0.415. The number of sulfone groups is 1. The molecule has 0 saturated carbocycles. The molecule has 0 unspecified atom stereocenters. The lowest BCUT2D eigenvalue weighted by Crippen LogP contribution is -2.19. The van der Waals surface area contributed by atoms with E-state index in [9.17, 15) is 8.42 Å². The van der Waals surface area contributed by atoms with Crippen molar-refractivity contribution in [2.75, 3.05) is 18.6 Å². The van der Waals surface area contributed by atoms with Crippen molar-refractivity contribution in [1.29, 1.82) is 0 Å². The first-order valence-corrected chi connectivity index (χ1v) is 10.2. The summed E-state index contributed by atoms with van der Waals surface area (Å²) in [6, 6.07) is 14.2. The van der Waals surface area contributed by atoms with Crippen molar-refractivity contribution in [1.82, 2.24) is 9.55 Å². The Labute approximate surface area is 144 Å². The Kier molecular flexibility index (Phi) is 3.77. The molecule has 5 nitrogen and oxygen atoms in total. The van der Waals surface area contributed by atoms with Gasteiger partial charge in [0, 0.05) is 11.8 Å². The van der Waals surface area contributed by atoms with Crippen molar-refractivity contribution in [3.63, 3.8) is 0 Å². The van der Waals surface area contributed by atoms with Gasteiger partial charge in [-0.25, -0.2) is 13.4 Å². The molecular weight excluding hydrogens is 344 g/mol. The Morgan fingerprint density at radius 1 is 1.25 bits per heavy atom. The Bertz CT molecular complexity index is 997. The van der Waals surface area contributed by atoms with Gasteiger partial charge >= 0.3 is 0 Å². The molecule has 0 spiro atoms. The summed E-state index contributed by atoms with van der Waals surface area (Å²) < 4.78 is 32.7. The van der Waals surface area contributed by atoms with E-state index in [1.807, 2.05) is 28.8 Å². The van der Waals surface area contributed by atoms with Crippen molar-refractivity contribution in [3.8, 4) is 5.75 Å². The molecule has 2 aromatic carbocycles. The third-order valence-corrected chi connectivity index (χ3v) is 7.06. The molecule has 0 amide bonds. The molecule has 0 fully saturated rings. The maximum absolute atomic E-state index is 12.7. The lowest BCUT2D eigenvalue weighted by Gasteiger charge is -2.14. The average molecular weight is 360 g/mol. The number of aromatic nitrogens is 2. The zero-order valence-corrected chi connectivity index (χ0v) is 14.7. The first-order chi connectivity index (χ1) is 11.6. The third-order valence-electron chi connectivity index (χ3n) is 4.15. The van der Waals surface area contributed by atoms with Crippen LogP contribution in [0.4, 0.5) is 0 Å². The van der Waals surface area contributed by atoms with E-state index in [4.69, 9.17) is 4.74 Å². The van der Waals surface area contributed by atoms with Gasteiger partial charge in [0.15, 0.2) is 15.0 Å². The molecule has 2 heterocycles. The Hall–Kier alpha value is -1.99. The highest BCUT2D eigenvalue weighted by Gasteiger charge is 2.31. The summed E-state index contributed by atoms with van der Waals surface area (Å²) in [6.45, 7) is 0. The summed E-state index contributed by atoms with van der Waals surface area (Å²) >= 11 is 1.60. The van der Waals surface area contributed by atoms with E-state index in [2.05, 4.69) is 4.98 Å². The van der Waals surface area contributed by atoms with Crippen LogP contribution >= 0.6 is 11.8 Å². The third kappa shape index (κ3) is 2.57. The van der Waals surface area contributed by atoms with Crippen LogP contribution in [0.2, 0.25) is 0 Å². The minimum absolute atomic E-state index is 0.0779. The smallest absolute Gasteiger partial charge is 0.180 e. The predicted molar refractivity (Wildman–Crippen MR) is 94.5 cm³/mol. The molecule has 1 aliphatic rings. The van der Waals surface area contributed by atoms with Gasteiger partial charge in [0.05, 0.1) is 34.8 Å². The monoisotopic (exact) mass is 360 g/mol. The molecule has 1 atom stereocenters. The van der Waals surface area contributed by atoms with Crippen LogP contribution in [0.5, 0.6) is 5.75 Å². The topological polar surface area (TPSA) is 61.2 Å². The van der Waals surface area contributed by atoms with Crippen LogP contribution in [0, 0.1) is 0 Å². The van der Waals surface area contributed by atoms with Gasteiger partial charge in [-0.2, -0.15) is 0 Å². The second-order valence-corrected chi connectivity index (χ2v) is 8.70. The van der Waals surface area contributed by atoms with Crippen LogP contribution in [0.15, 0.2) is 58.6 Å². The molecular formula is C17H16N2O3S2. The second kappa shape index (κ2) is 5.82. The van der Waals surface area contributed by atoms with Gasteiger partial charge < -0.3 is 9.30 Å². The maximum atomic E-state index is 12.7. The number of ether oxygens (including phenoxy) is 1. The second-order valence-electron chi connectivity index (χ2n) is 5.68. The molecule has 0 aliphatic carbocycles. The van der Waals surface area contributed by atoms with E-state index in [1.165, 1.54) is 0 Å². The quantitative estimate of drug-likeness (QED) is 0.715. The Morgan fingerprint density at radius 2 is 2.04 bits per heavy atom. The molecule has 0 radical (unpaired) electrons. The van der Waals surface area contributed by atoms with Gasteiger partial charge in [0.25, 0.3) is 0 Å². The molecule has 7 heteroatoms. The molecule has 0 N–H and O–H groups in total. The van der Waals surface area contributed by atoms with E-state index < -0.39 is 9.84 Å². The number of fused-ring (bicyclic) bond motifs is 3. The fraction of sp³-hybridized carbons (Fsp3) is 0.235. The number of rotatable bonds is 4. The molecule has 1 aromatic heterocycles.